The van der Waals surface area contributed by atoms with Crippen molar-refractivity contribution in [1.29, 1.82) is 0 Å². The molecule has 0 amide bonds. The molecule has 0 saturated heterocycles. The lowest BCUT2D eigenvalue weighted by Crippen LogP contribution is -2.29. The van der Waals surface area contributed by atoms with Crippen molar-refractivity contribution >= 4 is 17.3 Å². The molecular formula is C6H6N2O2. The van der Waals surface area contributed by atoms with E-state index in [-0.39, 0.29) is 12.1 Å². The smallest absolute Gasteiger partial charge is 0.342 e. The van der Waals surface area contributed by atoms with Gasteiger partial charge in [-0.3, -0.25) is 9.59 Å². The zero-order valence-electron chi connectivity index (χ0n) is 5.33. The molecule has 0 radical (unpaired) electrons. The van der Waals surface area contributed by atoms with Crippen LogP contribution < -0.4 is 0 Å². The molecule has 0 bridgehead atoms. The van der Waals surface area contributed by atoms with Gasteiger partial charge in [-0.2, -0.15) is 4.79 Å². The van der Waals surface area contributed by atoms with Gasteiger partial charge in [-0.05, 0) is 6.42 Å². The molecule has 0 aromatic heterocycles. The highest BCUT2D eigenvalue weighted by Crippen LogP contribution is 2.06. The van der Waals surface area contributed by atoms with E-state index >= 15 is 0 Å². The molecule has 0 atom stereocenters. The lowest BCUT2D eigenvalue weighted by molar-refractivity contribution is -0.136. The number of Topliss-reactive ketones (excluding diaryl/α,β-unsaturated/α-hetero) is 2. The molecule has 1 saturated carbocycles. The van der Waals surface area contributed by atoms with Crippen LogP contribution in [0.1, 0.15) is 19.3 Å². The zero-order valence-corrected chi connectivity index (χ0v) is 5.33. The van der Waals surface area contributed by atoms with Crippen LogP contribution in [0.5, 0.6) is 0 Å². The van der Waals surface area contributed by atoms with Gasteiger partial charge in [0.05, 0.1) is 6.42 Å². The zero-order chi connectivity index (χ0) is 7.56. The minimum Gasteiger partial charge on any atom is -0.361 e. The third-order valence-corrected chi connectivity index (χ3v) is 1.45. The van der Waals surface area contributed by atoms with E-state index in [9.17, 15) is 9.59 Å². The molecule has 1 aliphatic rings. The second-order valence-electron chi connectivity index (χ2n) is 2.15. The summed E-state index contributed by atoms with van der Waals surface area (Å²) in [6, 6.07) is 0. The van der Waals surface area contributed by atoms with Crippen molar-refractivity contribution in [3.8, 4) is 0 Å². The molecule has 0 aliphatic heterocycles. The fraction of sp³-hybridized carbons (Fsp3) is 0.500. The molecule has 0 unspecified atom stereocenters. The maximum absolute atomic E-state index is 10.7. The van der Waals surface area contributed by atoms with Gasteiger partial charge in [-0.25, -0.2) is 0 Å². The number of carbonyl (C=O) groups excluding carboxylic acids is 2. The Balaban J connectivity index is 2.89. The molecule has 0 aromatic carbocycles. The average molecular weight is 138 g/mol. The van der Waals surface area contributed by atoms with Crippen LogP contribution in [0, 0.1) is 0 Å². The molecule has 0 heterocycles. The van der Waals surface area contributed by atoms with Crippen LogP contribution in [0.4, 0.5) is 0 Å². The third-order valence-electron chi connectivity index (χ3n) is 1.45. The Morgan fingerprint density at radius 1 is 1.30 bits per heavy atom. The summed E-state index contributed by atoms with van der Waals surface area (Å²) in [6.07, 6.45) is 1.32. The fourth-order valence-corrected chi connectivity index (χ4v) is 0.900. The van der Waals surface area contributed by atoms with Crippen LogP contribution in [-0.2, 0) is 9.59 Å². The predicted molar refractivity (Wildman–Crippen MR) is 32.5 cm³/mol. The van der Waals surface area contributed by atoms with Crippen LogP contribution >= 0.6 is 0 Å². The number of nitrogens with zero attached hydrogens (tertiary/aromatic N) is 2. The molecule has 4 nitrogen and oxygen atoms in total. The van der Waals surface area contributed by atoms with Crippen LogP contribution in [0.15, 0.2) is 0 Å². The SMILES string of the molecule is [N-]=[N+]=C1CCCC(=O)C1=O. The normalized spacial score (nSPS) is 19.0. The van der Waals surface area contributed by atoms with Gasteiger partial charge in [0.2, 0.25) is 5.78 Å². The molecule has 4 heteroatoms. The summed E-state index contributed by atoms with van der Waals surface area (Å²) < 4.78 is 0. The van der Waals surface area contributed by atoms with E-state index in [1.165, 1.54) is 0 Å². The topological polar surface area (TPSA) is 70.5 Å². The van der Waals surface area contributed by atoms with Gasteiger partial charge in [0.1, 0.15) is 0 Å². The molecule has 1 aliphatic carbocycles. The summed E-state index contributed by atoms with van der Waals surface area (Å²) in [4.78, 5) is 24.1. The van der Waals surface area contributed by atoms with Crippen LogP contribution in [-0.4, -0.2) is 22.1 Å². The minimum absolute atomic E-state index is 0.00347. The molecule has 0 N–H and O–H groups in total. The number of rotatable bonds is 0. The Kier molecular flexibility index (Phi) is 1.73. The van der Waals surface area contributed by atoms with Crippen molar-refractivity contribution < 1.29 is 14.4 Å². The largest absolute Gasteiger partial charge is 0.361 e. The summed E-state index contributed by atoms with van der Waals surface area (Å²) >= 11 is 0. The first-order valence-corrected chi connectivity index (χ1v) is 3.04. The van der Waals surface area contributed by atoms with Crippen molar-refractivity contribution in [3.63, 3.8) is 0 Å². The van der Waals surface area contributed by atoms with Gasteiger partial charge in [-0.15, -0.1) is 0 Å². The number of hydrogen-bond donors (Lipinski definition) is 0. The maximum atomic E-state index is 10.7. The van der Waals surface area contributed by atoms with Crippen molar-refractivity contribution in [1.82, 2.24) is 0 Å². The summed E-state index contributed by atoms with van der Waals surface area (Å²) in [6.45, 7) is 0. The third kappa shape index (κ3) is 1.01. The Labute approximate surface area is 57.5 Å². The number of hydrogen-bond acceptors (Lipinski definition) is 2. The van der Waals surface area contributed by atoms with Gasteiger partial charge >= 0.3 is 11.5 Å². The van der Waals surface area contributed by atoms with E-state index < -0.39 is 11.6 Å². The van der Waals surface area contributed by atoms with E-state index in [0.717, 1.165) is 0 Å². The maximum Gasteiger partial charge on any atom is 0.342 e. The lowest BCUT2D eigenvalue weighted by Gasteiger charge is -2.00. The van der Waals surface area contributed by atoms with Crippen LogP contribution in [0.2, 0.25) is 0 Å². The minimum atomic E-state index is -0.631. The highest BCUT2D eigenvalue weighted by Gasteiger charge is 2.31. The predicted octanol–water partition coefficient (Wildman–Crippen LogP) is -0.0207. The molecular weight excluding hydrogens is 132 g/mol. The number of ketones is 2. The Morgan fingerprint density at radius 3 is 2.50 bits per heavy atom. The molecule has 52 valence electrons. The van der Waals surface area contributed by atoms with E-state index in [1.54, 1.807) is 0 Å². The van der Waals surface area contributed by atoms with Crippen molar-refractivity contribution in [2.24, 2.45) is 0 Å². The first-order valence-electron chi connectivity index (χ1n) is 3.04. The van der Waals surface area contributed by atoms with Gasteiger partial charge in [0, 0.05) is 6.42 Å². The summed E-state index contributed by atoms with van der Waals surface area (Å²) in [5.74, 6) is -1.08. The summed E-state index contributed by atoms with van der Waals surface area (Å²) in [5.41, 5.74) is 8.19. The highest BCUT2D eigenvalue weighted by molar-refractivity contribution is 6.64. The first kappa shape index (κ1) is 6.83. The Morgan fingerprint density at radius 2 is 2.00 bits per heavy atom. The van der Waals surface area contributed by atoms with E-state index in [0.29, 0.717) is 12.8 Å². The van der Waals surface area contributed by atoms with E-state index in [2.05, 4.69) is 4.79 Å². The standard InChI is InChI=1S/C6H6N2O2/c7-8-4-2-1-3-5(9)6(4)10/h1-3H2. The second kappa shape index (κ2) is 2.54. The van der Waals surface area contributed by atoms with Gasteiger partial charge in [-0.1, -0.05) is 0 Å². The quantitative estimate of drug-likeness (QED) is 0.268. The van der Waals surface area contributed by atoms with Gasteiger partial charge in [0.25, 0.3) is 0 Å². The monoisotopic (exact) mass is 138 g/mol. The van der Waals surface area contributed by atoms with Crippen LogP contribution in [0.3, 0.4) is 0 Å². The molecule has 0 spiro atoms. The molecule has 1 fully saturated rings. The lowest BCUT2D eigenvalue weighted by atomic mass is 9.96. The van der Waals surface area contributed by atoms with Crippen molar-refractivity contribution in [2.45, 2.75) is 19.3 Å². The summed E-state index contributed by atoms with van der Waals surface area (Å²) in [7, 11) is 0. The highest BCUT2D eigenvalue weighted by atomic mass is 16.2. The molecule has 0 aromatic rings. The first-order chi connectivity index (χ1) is 4.75. The fourth-order valence-electron chi connectivity index (χ4n) is 0.900. The molecule has 10 heavy (non-hydrogen) atoms. The Hall–Kier alpha value is -1.28. The average Bonchev–Trinajstić information content (AvgIpc) is 1.95. The van der Waals surface area contributed by atoms with Gasteiger partial charge < -0.3 is 5.53 Å². The van der Waals surface area contributed by atoms with Crippen molar-refractivity contribution in [2.75, 3.05) is 0 Å². The molecule has 1 rings (SSSR count). The van der Waals surface area contributed by atoms with Crippen molar-refractivity contribution in [3.05, 3.63) is 5.53 Å². The Bertz CT molecular complexity index is 238. The number of carbonyl (C=O) groups is 2. The van der Waals surface area contributed by atoms with Crippen LogP contribution in [0.25, 0.3) is 5.53 Å². The second-order valence-corrected chi connectivity index (χ2v) is 2.15. The van der Waals surface area contributed by atoms with E-state index in [4.69, 9.17) is 5.53 Å². The van der Waals surface area contributed by atoms with E-state index in [1.807, 2.05) is 0 Å². The summed E-state index contributed by atoms with van der Waals surface area (Å²) in [5, 5.41) is 0. The van der Waals surface area contributed by atoms with Gasteiger partial charge in [0.15, 0.2) is 0 Å².